The van der Waals surface area contributed by atoms with Crippen LogP contribution in [0.25, 0.3) is 0 Å². The first-order valence-corrected chi connectivity index (χ1v) is 9.49. The van der Waals surface area contributed by atoms with Crippen molar-refractivity contribution in [2.45, 2.75) is 23.3 Å². The number of benzene rings is 1. The lowest BCUT2D eigenvalue weighted by molar-refractivity contribution is -0.0595. The molecule has 1 aliphatic carbocycles. The molecule has 4 rings (SSSR count). The summed E-state index contributed by atoms with van der Waals surface area (Å²) in [7, 11) is -3.82. The largest absolute Gasteiger partial charge is 0.367 e. The topological polar surface area (TPSA) is 85.5 Å². The van der Waals surface area contributed by atoms with Crippen molar-refractivity contribution in [2.24, 2.45) is 5.14 Å². The lowest BCUT2D eigenvalue weighted by Gasteiger charge is -2.42. The molecule has 0 amide bonds. The van der Waals surface area contributed by atoms with Crippen molar-refractivity contribution in [1.82, 2.24) is 4.98 Å². The van der Waals surface area contributed by atoms with Gasteiger partial charge in [-0.15, -0.1) is 0 Å². The van der Waals surface area contributed by atoms with Crippen LogP contribution in [0.4, 0.5) is 5.82 Å². The van der Waals surface area contributed by atoms with Crippen LogP contribution in [0.3, 0.4) is 0 Å². The fraction of sp³-hybridized carbons (Fsp3) is 0.353. The van der Waals surface area contributed by atoms with E-state index in [2.05, 4.69) is 17.1 Å². The average molecular weight is 345 g/mol. The number of hydrogen-bond donors (Lipinski definition) is 1. The summed E-state index contributed by atoms with van der Waals surface area (Å²) < 4.78 is 30.0. The molecular formula is C17H19N3O3S. The number of anilines is 1. The van der Waals surface area contributed by atoms with E-state index in [0.29, 0.717) is 25.5 Å². The number of ether oxygens (including phenoxy) is 1. The molecule has 1 unspecified atom stereocenters. The normalized spacial score (nSPS) is 23.5. The number of nitrogens with zero attached hydrogens (tertiary/aromatic N) is 2. The molecule has 2 aromatic rings. The molecule has 1 aromatic heterocycles. The molecule has 0 saturated carbocycles. The Hall–Kier alpha value is -1.96. The summed E-state index contributed by atoms with van der Waals surface area (Å²) in [6, 6.07) is 11.4. The summed E-state index contributed by atoms with van der Waals surface area (Å²) in [5.41, 5.74) is 2.09. The minimum absolute atomic E-state index is 0.0633. The molecule has 0 radical (unpaired) electrons. The van der Waals surface area contributed by atoms with Gasteiger partial charge in [0.25, 0.3) is 0 Å². The second-order valence-corrected chi connectivity index (χ2v) is 7.82. The number of fused-ring (bicyclic) bond motifs is 2. The Labute approximate surface area is 141 Å². The fourth-order valence-corrected chi connectivity index (χ4v) is 4.48. The van der Waals surface area contributed by atoms with Crippen LogP contribution in [-0.2, 0) is 26.8 Å². The van der Waals surface area contributed by atoms with Crippen LogP contribution in [0, 0.1) is 0 Å². The summed E-state index contributed by atoms with van der Waals surface area (Å²) in [6.45, 7) is 1.68. The summed E-state index contributed by atoms with van der Waals surface area (Å²) in [6.07, 6.45) is 3.45. The second kappa shape index (κ2) is 5.54. The fourth-order valence-electron chi connectivity index (χ4n) is 3.77. The van der Waals surface area contributed by atoms with E-state index in [1.807, 2.05) is 17.0 Å². The van der Waals surface area contributed by atoms with Gasteiger partial charge in [0.15, 0.2) is 0 Å². The third kappa shape index (κ3) is 2.49. The number of hydrogen-bond acceptors (Lipinski definition) is 5. The van der Waals surface area contributed by atoms with Crippen molar-refractivity contribution < 1.29 is 13.2 Å². The molecule has 7 heteroatoms. The van der Waals surface area contributed by atoms with E-state index < -0.39 is 15.6 Å². The van der Waals surface area contributed by atoms with E-state index in [0.717, 1.165) is 12.8 Å². The van der Waals surface area contributed by atoms with E-state index in [4.69, 9.17) is 9.88 Å². The monoisotopic (exact) mass is 345 g/mol. The molecule has 126 valence electrons. The lowest BCUT2D eigenvalue weighted by atomic mass is 9.93. The minimum Gasteiger partial charge on any atom is -0.367 e. The average Bonchev–Trinajstić information content (AvgIpc) is 2.93. The Kier molecular flexibility index (Phi) is 3.59. The van der Waals surface area contributed by atoms with Crippen molar-refractivity contribution in [1.29, 1.82) is 0 Å². The van der Waals surface area contributed by atoms with Gasteiger partial charge in [0.1, 0.15) is 16.3 Å². The number of primary sulfonamides is 1. The first-order chi connectivity index (χ1) is 11.5. The summed E-state index contributed by atoms with van der Waals surface area (Å²) in [5, 5.41) is 5.36. The molecule has 2 N–H and O–H groups in total. The number of nitrogens with two attached hydrogens (primary N) is 1. The Morgan fingerprint density at radius 2 is 2.04 bits per heavy atom. The Morgan fingerprint density at radius 1 is 1.21 bits per heavy atom. The van der Waals surface area contributed by atoms with E-state index in [1.54, 1.807) is 12.3 Å². The van der Waals surface area contributed by atoms with Gasteiger partial charge in [0.2, 0.25) is 10.0 Å². The third-order valence-electron chi connectivity index (χ3n) is 4.85. The van der Waals surface area contributed by atoms with E-state index in [9.17, 15) is 8.42 Å². The van der Waals surface area contributed by atoms with Gasteiger partial charge >= 0.3 is 0 Å². The first-order valence-electron chi connectivity index (χ1n) is 7.95. The summed E-state index contributed by atoms with van der Waals surface area (Å²) in [5.74, 6) is 0.409. The molecule has 1 aromatic carbocycles. The third-order valence-corrected chi connectivity index (χ3v) is 5.78. The van der Waals surface area contributed by atoms with Gasteiger partial charge in [-0.25, -0.2) is 18.5 Å². The maximum absolute atomic E-state index is 11.9. The zero-order valence-corrected chi connectivity index (χ0v) is 14.0. The quantitative estimate of drug-likeness (QED) is 0.889. The van der Waals surface area contributed by atoms with Crippen LogP contribution in [0.5, 0.6) is 0 Å². The van der Waals surface area contributed by atoms with Gasteiger partial charge in [-0.1, -0.05) is 24.3 Å². The second-order valence-electron chi connectivity index (χ2n) is 6.29. The Balaban J connectivity index is 1.73. The highest BCUT2D eigenvalue weighted by atomic mass is 32.2. The van der Waals surface area contributed by atoms with Crippen LogP contribution in [-0.4, -0.2) is 33.1 Å². The molecule has 6 nitrogen and oxygen atoms in total. The number of aryl methyl sites for hydroxylation is 1. The van der Waals surface area contributed by atoms with E-state index >= 15 is 0 Å². The highest BCUT2D eigenvalue weighted by Crippen LogP contribution is 2.43. The van der Waals surface area contributed by atoms with Crippen molar-refractivity contribution in [3.05, 3.63) is 53.7 Å². The Morgan fingerprint density at radius 3 is 2.88 bits per heavy atom. The van der Waals surface area contributed by atoms with Gasteiger partial charge in [0, 0.05) is 12.7 Å². The highest BCUT2D eigenvalue weighted by Gasteiger charge is 2.44. The van der Waals surface area contributed by atoms with Crippen molar-refractivity contribution in [2.75, 3.05) is 24.6 Å². The molecule has 24 heavy (non-hydrogen) atoms. The molecule has 2 heterocycles. The molecule has 1 fully saturated rings. The molecule has 1 spiro atoms. The van der Waals surface area contributed by atoms with Crippen LogP contribution < -0.4 is 10.0 Å². The van der Waals surface area contributed by atoms with Crippen LogP contribution in [0.15, 0.2) is 47.5 Å². The number of morpholine rings is 1. The van der Waals surface area contributed by atoms with Crippen molar-refractivity contribution in [3.8, 4) is 0 Å². The predicted molar refractivity (Wildman–Crippen MR) is 90.2 cm³/mol. The van der Waals surface area contributed by atoms with Crippen molar-refractivity contribution in [3.63, 3.8) is 0 Å². The molecule has 1 atom stereocenters. The number of pyridine rings is 1. The van der Waals surface area contributed by atoms with Gasteiger partial charge in [-0.2, -0.15) is 0 Å². The standard InChI is InChI=1S/C17H19N3O3S/c18-24(21,22)15-6-3-9-19-16(15)20-10-11-23-17(12-20)8-7-13-4-1-2-5-14(13)17/h1-6,9H,7-8,10-12H2,(H2,18,21,22). The molecule has 0 bridgehead atoms. The molecular weight excluding hydrogens is 326 g/mol. The molecule has 1 saturated heterocycles. The van der Waals surface area contributed by atoms with Crippen LogP contribution in [0.1, 0.15) is 17.5 Å². The smallest absolute Gasteiger partial charge is 0.241 e. The highest BCUT2D eigenvalue weighted by molar-refractivity contribution is 7.89. The van der Waals surface area contributed by atoms with Gasteiger partial charge in [0.05, 0.1) is 13.2 Å². The first kappa shape index (κ1) is 15.6. The van der Waals surface area contributed by atoms with Gasteiger partial charge in [-0.3, -0.25) is 0 Å². The number of rotatable bonds is 2. The summed E-state index contributed by atoms with van der Waals surface area (Å²) >= 11 is 0. The zero-order chi connectivity index (χ0) is 16.8. The van der Waals surface area contributed by atoms with Gasteiger partial charge < -0.3 is 9.64 Å². The Bertz CT molecular complexity index is 880. The zero-order valence-electron chi connectivity index (χ0n) is 13.2. The SMILES string of the molecule is NS(=O)(=O)c1cccnc1N1CCOC2(CCc3ccccc32)C1. The predicted octanol–water partition coefficient (Wildman–Crippen LogP) is 1.41. The lowest BCUT2D eigenvalue weighted by Crippen LogP contribution is -2.49. The van der Waals surface area contributed by atoms with Crippen molar-refractivity contribution >= 4 is 15.8 Å². The van der Waals surface area contributed by atoms with Gasteiger partial charge in [-0.05, 0) is 36.1 Å². The molecule has 2 aliphatic rings. The number of aromatic nitrogens is 1. The maximum atomic E-state index is 11.9. The van der Waals surface area contributed by atoms with E-state index in [-0.39, 0.29) is 4.90 Å². The summed E-state index contributed by atoms with van der Waals surface area (Å²) in [4.78, 5) is 6.33. The number of sulfonamides is 1. The minimum atomic E-state index is -3.82. The maximum Gasteiger partial charge on any atom is 0.241 e. The van der Waals surface area contributed by atoms with Crippen LogP contribution >= 0.6 is 0 Å². The molecule has 1 aliphatic heterocycles. The van der Waals surface area contributed by atoms with Crippen LogP contribution in [0.2, 0.25) is 0 Å². The van der Waals surface area contributed by atoms with E-state index in [1.165, 1.54) is 17.2 Å².